The van der Waals surface area contributed by atoms with Gasteiger partial charge in [-0.3, -0.25) is 4.90 Å². The fraction of sp³-hybridized carbons (Fsp3) is 0.692. The molecule has 0 atom stereocenters. The van der Waals surface area contributed by atoms with Gasteiger partial charge in [0.15, 0.2) is 5.13 Å². The SMILES string of the molecule is COC(=O)c1sc(N2CCN(C(C)C)CC2)nc1C. The highest BCUT2D eigenvalue weighted by Gasteiger charge is 2.23. The second-order valence-corrected chi connectivity index (χ2v) is 6.00. The molecule has 0 bridgehead atoms. The summed E-state index contributed by atoms with van der Waals surface area (Å²) in [5.74, 6) is -0.290. The van der Waals surface area contributed by atoms with Gasteiger partial charge in [0.25, 0.3) is 0 Å². The molecular weight excluding hydrogens is 262 g/mol. The van der Waals surface area contributed by atoms with Crippen molar-refractivity contribution in [1.82, 2.24) is 9.88 Å². The predicted molar refractivity (Wildman–Crippen MR) is 77.1 cm³/mol. The minimum atomic E-state index is -0.290. The van der Waals surface area contributed by atoms with Crippen LogP contribution in [-0.4, -0.2) is 55.2 Å². The molecule has 0 radical (unpaired) electrons. The van der Waals surface area contributed by atoms with Crippen LogP contribution in [0.2, 0.25) is 0 Å². The summed E-state index contributed by atoms with van der Waals surface area (Å²) in [4.78, 5) is 21.4. The Morgan fingerprint density at radius 3 is 2.47 bits per heavy atom. The van der Waals surface area contributed by atoms with E-state index in [1.54, 1.807) is 0 Å². The van der Waals surface area contributed by atoms with Gasteiger partial charge in [0.05, 0.1) is 12.8 Å². The summed E-state index contributed by atoms with van der Waals surface area (Å²) >= 11 is 1.43. The van der Waals surface area contributed by atoms with E-state index < -0.39 is 0 Å². The number of rotatable bonds is 3. The number of carbonyl (C=O) groups excluding carboxylic acids is 1. The number of piperazine rings is 1. The number of ether oxygens (including phenoxy) is 1. The number of hydrogen-bond donors (Lipinski definition) is 0. The standard InChI is InChI=1S/C13H21N3O2S/c1-9(2)15-5-7-16(8-6-15)13-14-10(3)11(19-13)12(17)18-4/h9H,5-8H2,1-4H3. The lowest BCUT2D eigenvalue weighted by atomic mass is 10.2. The van der Waals surface area contributed by atoms with Crippen molar-refractivity contribution in [1.29, 1.82) is 0 Å². The number of aromatic nitrogens is 1. The average Bonchev–Trinajstić information content (AvgIpc) is 2.80. The number of carbonyl (C=O) groups is 1. The smallest absolute Gasteiger partial charge is 0.350 e. The monoisotopic (exact) mass is 283 g/mol. The Morgan fingerprint density at radius 2 is 1.95 bits per heavy atom. The summed E-state index contributed by atoms with van der Waals surface area (Å²) in [5, 5.41) is 0.932. The van der Waals surface area contributed by atoms with E-state index in [2.05, 4.69) is 28.6 Å². The van der Waals surface area contributed by atoms with E-state index in [0.29, 0.717) is 10.9 Å². The van der Waals surface area contributed by atoms with Gasteiger partial charge in [0.1, 0.15) is 4.88 Å². The van der Waals surface area contributed by atoms with Gasteiger partial charge >= 0.3 is 5.97 Å². The van der Waals surface area contributed by atoms with Crippen LogP contribution in [0.25, 0.3) is 0 Å². The number of methoxy groups -OCH3 is 1. The van der Waals surface area contributed by atoms with Crippen LogP contribution >= 0.6 is 11.3 Å². The average molecular weight is 283 g/mol. The largest absolute Gasteiger partial charge is 0.465 e. The van der Waals surface area contributed by atoms with Crippen molar-refractivity contribution < 1.29 is 9.53 Å². The minimum Gasteiger partial charge on any atom is -0.465 e. The van der Waals surface area contributed by atoms with Gasteiger partial charge in [0.2, 0.25) is 0 Å². The molecule has 0 amide bonds. The summed E-state index contributed by atoms with van der Waals surface area (Å²) < 4.78 is 4.77. The van der Waals surface area contributed by atoms with E-state index in [9.17, 15) is 4.79 Å². The third-order valence-corrected chi connectivity index (χ3v) is 4.67. The van der Waals surface area contributed by atoms with Crippen molar-refractivity contribution >= 4 is 22.4 Å². The molecule has 1 aromatic heterocycles. The van der Waals surface area contributed by atoms with E-state index in [1.807, 2.05) is 6.92 Å². The topological polar surface area (TPSA) is 45.7 Å². The fourth-order valence-electron chi connectivity index (χ4n) is 2.23. The van der Waals surface area contributed by atoms with Gasteiger partial charge in [-0.25, -0.2) is 9.78 Å². The molecule has 19 heavy (non-hydrogen) atoms. The van der Waals surface area contributed by atoms with Crippen LogP contribution in [-0.2, 0) is 4.74 Å². The number of aryl methyl sites for hydroxylation is 1. The second kappa shape index (κ2) is 5.88. The van der Waals surface area contributed by atoms with Crippen LogP contribution in [0.4, 0.5) is 5.13 Å². The second-order valence-electron chi connectivity index (χ2n) is 5.02. The highest BCUT2D eigenvalue weighted by Crippen LogP contribution is 2.27. The van der Waals surface area contributed by atoms with Crippen molar-refractivity contribution in [2.75, 3.05) is 38.2 Å². The van der Waals surface area contributed by atoms with Crippen LogP contribution in [0.3, 0.4) is 0 Å². The van der Waals surface area contributed by atoms with Gasteiger partial charge in [0, 0.05) is 32.2 Å². The van der Waals surface area contributed by atoms with Gasteiger partial charge in [-0.05, 0) is 20.8 Å². The third-order valence-electron chi connectivity index (χ3n) is 3.47. The molecule has 1 aromatic rings. The zero-order valence-corrected chi connectivity index (χ0v) is 12.8. The number of hydrogen-bond acceptors (Lipinski definition) is 6. The highest BCUT2D eigenvalue weighted by molar-refractivity contribution is 7.17. The first kappa shape index (κ1) is 14.3. The highest BCUT2D eigenvalue weighted by atomic mass is 32.1. The van der Waals surface area contributed by atoms with Crippen molar-refractivity contribution in [3.63, 3.8) is 0 Å². The number of thiazole rings is 1. The summed E-state index contributed by atoms with van der Waals surface area (Å²) in [5.41, 5.74) is 0.762. The molecule has 1 saturated heterocycles. The Labute approximate surface area is 118 Å². The fourth-order valence-corrected chi connectivity index (χ4v) is 3.27. The molecule has 2 rings (SSSR count). The van der Waals surface area contributed by atoms with Crippen molar-refractivity contribution in [3.8, 4) is 0 Å². The molecule has 0 aliphatic carbocycles. The molecule has 0 N–H and O–H groups in total. The maximum absolute atomic E-state index is 11.6. The molecule has 0 spiro atoms. The quantitative estimate of drug-likeness (QED) is 0.791. The number of nitrogens with zero attached hydrogens (tertiary/aromatic N) is 3. The van der Waals surface area contributed by atoms with Crippen LogP contribution in [0.15, 0.2) is 0 Å². The Bertz CT molecular complexity index is 451. The lowest BCUT2D eigenvalue weighted by molar-refractivity contribution is 0.0605. The maximum Gasteiger partial charge on any atom is 0.350 e. The number of anilines is 1. The molecule has 6 heteroatoms. The lowest BCUT2D eigenvalue weighted by Gasteiger charge is -2.36. The van der Waals surface area contributed by atoms with Crippen LogP contribution in [0.1, 0.15) is 29.2 Å². The van der Waals surface area contributed by atoms with E-state index in [0.717, 1.165) is 37.0 Å². The summed E-state index contributed by atoms with van der Waals surface area (Å²) in [7, 11) is 1.41. The summed E-state index contributed by atoms with van der Waals surface area (Å²) in [6.45, 7) is 10.3. The van der Waals surface area contributed by atoms with Crippen LogP contribution in [0.5, 0.6) is 0 Å². The molecule has 0 unspecified atom stereocenters. The minimum absolute atomic E-state index is 0.290. The van der Waals surface area contributed by atoms with Crippen molar-refractivity contribution in [3.05, 3.63) is 10.6 Å². The van der Waals surface area contributed by atoms with Crippen LogP contribution in [0, 0.1) is 6.92 Å². The Balaban J connectivity index is 2.06. The van der Waals surface area contributed by atoms with Crippen molar-refractivity contribution in [2.45, 2.75) is 26.8 Å². The lowest BCUT2D eigenvalue weighted by Crippen LogP contribution is -2.48. The Hall–Kier alpha value is -1.14. The molecule has 5 nitrogen and oxygen atoms in total. The van der Waals surface area contributed by atoms with Gasteiger partial charge in [-0.2, -0.15) is 0 Å². The van der Waals surface area contributed by atoms with E-state index in [-0.39, 0.29) is 5.97 Å². The third kappa shape index (κ3) is 3.06. The molecule has 1 aliphatic rings. The maximum atomic E-state index is 11.6. The molecular formula is C13H21N3O2S. The molecule has 1 aliphatic heterocycles. The van der Waals surface area contributed by atoms with E-state index in [1.165, 1.54) is 18.4 Å². The Kier molecular flexibility index (Phi) is 4.42. The normalized spacial score (nSPS) is 17.0. The zero-order chi connectivity index (χ0) is 14.0. The number of esters is 1. The van der Waals surface area contributed by atoms with Gasteiger partial charge in [-0.15, -0.1) is 0 Å². The first-order valence-corrected chi connectivity index (χ1v) is 7.39. The molecule has 2 heterocycles. The molecule has 0 saturated carbocycles. The van der Waals surface area contributed by atoms with Crippen molar-refractivity contribution in [2.24, 2.45) is 0 Å². The first-order valence-electron chi connectivity index (χ1n) is 6.57. The van der Waals surface area contributed by atoms with E-state index >= 15 is 0 Å². The predicted octanol–water partition coefficient (Wildman–Crippen LogP) is 1.77. The van der Waals surface area contributed by atoms with Gasteiger partial charge in [-0.1, -0.05) is 11.3 Å². The molecule has 106 valence electrons. The van der Waals surface area contributed by atoms with Crippen LogP contribution < -0.4 is 4.90 Å². The summed E-state index contributed by atoms with van der Waals surface area (Å²) in [6, 6.07) is 0.589. The molecule has 0 aromatic carbocycles. The first-order chi connectivity index (χ1) is 9.02. The van der Waals surface area contributed by atoms with Gasteiger partial charge < -0.3 is 9.64 Å². The Morgan fingerprint density at radius 1 is 1.32 bits per heavy atom. The molecule has 1 fully saturated rings. The zero-order valence-electron chi connectivity index (χ0n) is 12.0. The summed E-state index contributed by atoms with van der Waals surface area (Å²) in [6.07, 6.45) is 0. The van der Waals surface area contributed by atoms with E-state index in [4.69, 9.17) is 4.74 Å².